The van der Waals surface area contributed by atoms with Gasteiger partial charge in [-0.25, -0.2) is 8.42 Å². The Labute approximate surface area is 160 Å². The second-order valence-corrected chi connectivity index (χ2v) is 9.77. The van der Waals surface area contributed by atoms with Crippen molar-refractivity contribution in [1.82, 2.24) is 14.4 Å². The number of rotatable bonds is 5. The molecule has 0 amide bonds. The molecule has 0 bridgehead atoms. The van der Waals surface area contributed by atoms with Crippen LogP contribution in [-0.4, -0.2) is 36.0 Å². The highest BCUT2D eigenvalue weighted by atomic mass is 32.2. The highest BCUT2D eigenvalue weighted by Crippen LogP contribution is 2.38. The number of aromatic nitrogens is 2. The van der Waals surface area contributed by atoms with Crippen molar-refractivity contribution >= 4 is 10.0 Å². The predicted molar refractivity (Wildman–Crippen MR) is 101 cm³/mol. The topological polar surface area (TPSA) is 102 Å². The number of hydrogen-bond donors (Lipinski definition) is 1. The molecule has 2 aliphatic rings. The Hall–Kier alpha value is -1.77. The molecule has 2 aliphatic carbocycles. The van der Waals surface area contributed by atoms with Crippen molar-refractivity contribution in [3.63, 3.8) is 0 Å². The summed E-state index contributed by atoms with van der Waals surface area (Å²) in [5.74, 6) is 0.801. The fraction of sp³-hybridized carbons (Fsp3) is 0.579. The van der Waals surface area contributed by atoms with Crippen LogP contribution in [-0.2, 0) is 15.6 Å². The molecular weight excluding hydrogens is 364 g/mol. The first-order chi connectivity index (χ1) is 12.9. The van der Waals surface area contributed by atoms with Gasteiger partial charge in [-0.05, 0) is 50.3 Å². The predicted octanol–water partition coefficient (Wildman–Crippen LogP) is 3.03. The molecule has 4 rings (SSSR count). The number of nitrogens with zero attached hydrogens (tertiary/aromatic N) is 3. The largest absolute Gasteiger partial charge is 0.334 e. The van der Waals surface area contributed by atoms with E-state index in [0.29, 0.717) is 17.3 Å². The zero-order valence-corrected chi connectivity index (χ0v) is 16.4. The van der Waals surface area contributed by atoms with E-state index in [9.17, 15) is 8.42 Å². The van der Waals surface area contributed by atoms with E-state index in [1.807, 2.05) is 0 Å². The first-order valence-corrected chi connectivity index (χ1v) is 11.1. The van der Waals surface area contributed by atoms with Gasteiger partial charge >= 0.3 is 0 Å². The molecule has 2 aromatic rings. The van der Waals surface area contributed by atoms with Crippen LogP contribution in [0.15, 0.2) is 33.7 Å². The molecule has 0 unspecified atom stereocenters. The van der Waals surface area contributed by atoms with E-state index in [-0.39, 0.29) is 10.9 Å². The van der Waals surface area contributed by atoms with Crippen LogP contribution in [0, 0.1) is 0 Å². The summed E-state index contributed by atoms with van der Waals surface area (Å²) in [5, 5.41) is 4.02. The van der Waals surface area contributed by atoms with Crippen molar-refractivity contribution in [2.45, 2.75) is 67.8 Å². The van der Waals surface area contributed by atoms with Gasteiger partial charge in [0.15, 0.2) is 5.82 Å². The van der Waals surface area contributed by atoms with Crippen molar-refractivity contribution < 1.29 is 12.9 Å². The SMILES string of the molecule is CN(C1CCCCC1)S(=O)(=O)c1cccc(-c2nc(C3(N)CCC3)no2)c1. The zero-order valence-electron chi connectivity index (χ0n) is 15.6. The van der Waals surface area contributed by atoms with Crippen molar-refractivity contribution in [3.05, 3.63) is 30.1 Å². The highest BCUT2D eigenvalue weighted by Gasteiger charge is 2.39. The summed E-state index contributed by atoms with van der Waals surface area (Å²) in [4.78, 5) is 4.67. The molecular formula is C19H26N4O3S. The summed E-state index contributed by atoms with van der Waals surface area (Å²) in [6.07, 6.45) is 7.91. The van der Waals surface area contributed by atoms with E-state index in [1.165, 1.54) is 10.7 Å². The van der Waals surface area contributed by atoms with Crippen LogP contribution in [0.5, 0.6) is 0 Å². The van der Waals surface area contributed by atoms with Gasteiger partial charge in [0.05, 0.1) is 10.4 Å². The first-order valence-electron chi connectivity index (χ1n) is 9.62. The maximum absolute atomic E-state index is 13.1. The fourth-order valence-corrected chi connectivity index (χ4v) is 5.38. The standard InChI is InChI=1S/C19H26N4O3S/c1-23(15-8-3-2-4-9-15)27(24,25)16-10-5-7-14(13-16)17-21-18(22-26-17)19(20)11-6-12-19/h5,7,10,13,15H,2-4,6,8-9,11-12,20H2,1H3. The molecule has 1 heterocycles. The Bertz CT molecular complexity index is 915. The third-order valence-electron chi connectivity index (χ3n) is 5.96. The minimum absolute atomic E-state index is 0.0677. The third-order valence-corrected chi connectivity index (χ3v) is 7.87. The molecule has 27 heavy (non-hydrogen) atoms. The monoisotopic (exact) mass is 390 g/mol. The molecule has 146 valence electrons. The second-order valence-electron chi connectivity index (χ2n) is 7.77. The van der Waals surface area contributed by atoms with Gasteiger partial charge in [-0.3, -0.25) is 0 Å². The van der Waals surface area contributed by atoms with Crippen molar-refractivity contribution in [2.75, 3.05) is 7.05 Å². The summed E-state index contributed by atoms with van der Waals surface area (Å²) in [6, 6.07) is 6.78. The van der Waals surface area contributed by atoms with Crippen LogP contribution >= 0.6 is 0 Å². The molecule has 0 aliphatic heterocycles. The van der Waals surface area contributed by atoms with Crippen molar-refractivity contribution in [3.8, 4) is 11.5 Å². The molecule has 8 heteroatoms. The fourth-order valence-electron chi connectivity index (χ4n) is 3.92. The lowest BCUT2D eigenvalue weighted by Crippen LogP contribution is -2.44. The molecule has 0 saturated heterocycles. The Balaban J connectivity index is 1.60. The van der Waals surface area contributed by atoms with Crippen LogP contribution in [0.3, 0.4) is 0 Å². The molecule has 1 aromatic heterocycles. The van der Waals surface area contributed by atoms with Gasteiger partial charge < -0.3 is 10.3 Å². The lowest BCUT2D eigenvalue weighted by atomic mass is 9.77. The number of sulfonamides is 1. The van der Waals surface area contributed by atoms with Crippen LogP contribution in [0.4, 0.5) is 0 Å². The second kappa shape index (κ2) is 7.00. The van der Waals surface area contributed by atoms with E-state index < -0.39 is 15.6 Å². The summed E-state index contributed by atoms with van der Waals surface area (Å²) < 4.78 is 33.0. The van der Waals surface area contributed by atoms with E-state index in [0.717, 1.165) is 44.9 Å². The Kier molecular flexibility index (Phi) is 4.82. The maximum atomic E-state index is 13.1. The lowest BCUT2D eigenvalue weighted by molar-refractivity contribution is 0.229. The maximum Gasteiger partial charge on any atom is 0.258 e. The molecule has 2 saturated carbocycles. The smallest absolute Gasteiger partial charge is 0.258 e. The summed E-state index contributed by atoms with van der Waals surface area (Å²) >= 11 is 0. The average Bonchev–Trinajstić information content (AvgIpc) is 3.17. The third kappa shape index (κ3) is 3.41. The van der Waals surface area contributed by atoms with Crippen LogP contribution < -0.4 is 5.73 Å². The van der Waals surface area contributed by atoms with Gasteiger partial charge in [-0.2, -0.15) is 9.29 Å². The molecule has 7 nitrogen and oxygen atoms in total. The lowest BCUT2D eigenvalue weighted by Gasteiger charge is -2.34. The normalized spacial score (nSPS) is 20.6. The van der Waals surface area contributed by atoms with Gasteiger partial charge in [0.2, 0.25) is 10.0 Å². The Morgan fingerprint density at radius 3 is 2.59 bits per heavy atom. The highest BCUT2D eigenvalue weighted by molar-refractivity contribution is 7.89. The summed E-state index contributed by atoms with van der Waals surface area (Å²) in [6.45, 7) is 0. The Morgan fingerprint density at radius 1 is 1.19 bits per heavy atom. The molecule has 0 radical (unpaired) electrons. The van der Waals surface area contributed by atoms with Crippen LogP contribution in [0.1, 0.15) is 57.2 Å². The molecule has 1 aromatic carbocycles. The van der Waals surface area contributed by atoms with E-state index in [4.69, 9.17) is 10.3 Å². The van der Waals surface area contributed by atoms with Gasteiger partial charge in [0.25, 0.3) is 5.89 Å². The van der Waals surface area contributed by atoms with Gasteiger partial charge in [-0.1, -0.05) is 30.5 Å². The summed E-state index contributed by atoms with van der Waals surface area (Å²) in [7, 11) is -1.89. The minimum Gasteiger partial charge on any atom is -0.334 e. The van der Waals surface area contributed by atoms with E-state index >= 15 is 0 Å². The molecule has 2 N–H and O–H groups in total. The molecule has 0 atom stereocenters. The first kappa shape index (κ1) is 18.6. The van der Waals surface area contributed by atoms with Crippen molar-refractivity contribution in [1.29, 1.82) is 0 Å². The zero-order chi connectivity index (χ0) is 19.1. The Morgan fingerprint density at radius 2 is 1.93 bits per heavy atom. The minimum atomic E-state index is -3.57. The molecule has 0 spiro atoms. The molecule has 2 fully saturated rings. The summed E-state index contributed by atoms with van der Waals surface area (Å²) in [5.41, 5.74) is 6.33. The quantitative estimate of drug-likeness (QED) is 0.842. The van der Waals surface area contributed by atoms with E-state index in [2.05, 4.69) is 10.1 Å². The van der Waals surface area contributed by atoms with Gasteiger partial charge in [0.1, 0.15) is 0 Å². The average molecular weight is 391 g/mol. The van der Waals surface area contributed by atoms with Crippen molar-refractivity contribution in [2.24, 2.45) is 5.73 Å². The van der Waals surface area contributed by atoms with Gasteiger partial charge in [0, 0.05) is 18.7 Å². The number of benzene rings is 1. The van der Waals surface area contributed by atoms with Gasteiger partial charge in [-0.15, -0.1) is 0 Å². The number of hydrogen-bond acceptors (Lipinski definition) is 6. The number of nitrogens with two attached hydrogens (primary N) is 1. The van der Waals surface area contributed by atoms with E-state index in [1.54, 1.807) is 31.3 Å². The van der Waals surface area contributed by atoms with Crippen LogP contribution in [0.25, 0.3) is 11.5 Å². The van der Waals surface area contributed by atoms with Crippen LogP contribution in [0.2, 0.25) is 0 Å².